The Kier molecular flexibility index (Phi) is 6.28. The zero-order valence-electron chi connectivity index (χ0n) is 15.2. The molecule has 0 radical (unpaired) electrons. The van der Waals surface area contributed by atoms with Gasteiger partial charge in [-0.15, -0.1) is 0 Å². The summed E-state index contributed by atoms with van der Waals surface area (Å²) in [4.78, 5) is 23.0. The summed E-state index contributed by atoms with van der Waals surface area (Å²) in [6.07, 6.45) is 0.520. The summed E-state index contributed by atoms with van der Waals surface area (Å²) >= 11 is 1.48. The van der Waals surface area contributed by atoms with Crippen molar-refractivity contribution in [1.82, 2.24) is 9.97 Å². The van der Waals surface area contributed by atoms with Crippen molar-refractivity contribution in [2.45, 2.75) is 57.5 Å². The number of hydrogen-bond acceptors (Lipinski definition) is 4. The lowest BCUT2D eigenvalue weighted by atomic mass is 9.96. The number of nitrogens with zero attached hydrogens (tertiary/aromatic N) is 4. The summed E-state index contributed by atoms with van der Waals surface area (Å²) < 4.78 is 0. The van der Waals surface area contributed by atoms with E-state index in [0.717, 1.165) is 16.7 Å². The quantitative estimate of drug-likeness (QED) is 0.263. The molecule has 25 heavy (non-hydrogen) atoms. The van der Waals surface area contributed by atoms with E-state index in [1.165, 1.54) is 11.8 Å². The first-order valence-corrected chi connectivity index (χ1v) is 9.15. The highest BCUT2D eigenvalue weighted by Gasteiger charge is 2.21. The molecule has 1 N–H and O–H groups in total. The normalized spacial score (nSPS) is 12.1. The van der Waals surface area contributed by atoms with E-state index in [2.05, 4.69) is 26.1 Å². The second-order valence-corrected chi connectivity index (χ2v) is 7.85. The summed E-state index contributed by atoms with van der Waals surface area (Å²) in [6, 6.07) is 5.39. The predicted molar refractivity (Wildman–Crippen MR) is 102 cm³/mol. The molecule has 132 valence electrons. The Morgan fingerprint density at radius 2 is 1.92 bits per heavy atom. The lowest BCUT2D eigenvalue weighted by molar-refractivity contribution is 0.741. The number of azide groups is 1. The van der Waals surface area contributed by atoms with Crippen LogP contribution in [0.4, 0.5) is 0 Å². The van der Waals surface area contributed by atoms with Crippen molar-refractivity contribution in [2.75, 3.05) is 0 Å². The fourth-order valence-electron chi connectivity index (χ4n) is 2.84. The maximum Gasteiger partial charge on any atom is 0.254 e. The molecule has 1 atom stereocenters. The van der Waals surface area contributed by atoms with Crippen LogP contribution in [0.2, 0.25) is 0 Å². The number of benzene rings is 1. The van der Waals surface area contributed by atoms with Crippen LogP contribution in [0.3, 0.4) is 0 Å². The average Bonchev–Trinajstić information content (AvgIpc) is 2.50. The van der Waals surface area contributed by atoms with Gasteiger partial charge >= 0.3 is 0 Å². The third-order valence-electron chi connectivity index (χ3n) is 3.71. The summed E-state index contributed by atoms with van der Waals surface area (Å²) in [5, 5.41) is 4.80. The Balaban J connectivity index is 2.70. The van der Waals surface area contributed by atoms with Crippen molar-refractivity contribution in [3.8, 4) is 0 Å². The van der Waals surface area contributed by atoms with Gasteiger partial charge in [0.25, 0.3) is 5.56 Å². The molecule has 1 aromatic heterocycles. The SMILES string of the molecule is CCc1c(C(N=[N+]=[N-])c2cc(C)cc(C)c2)nc(SC(C)C)[nH]c1=O. The Labute approximate surface area is 151 Å². The molecule has 0 fully saturated rings. The summed E-state index contributed by atoms with van der Waals surface area (Å²) in [5.74, 6) is 0. The molecule has 0 saturated carbocycles. The van der Waals surface area contributed by atoms with E-state index in [1.54, 1.807) is 0 Å². The van der Waals surface area contributed by atoms with E-state index >= 15 is 0 Å². The lowest BCUT2D eigenvalue weighted by Crippen LogP contribution is -2.20. The van der Waals surface area contributed by atoms with Crippen LogP contribution < -0.4 is 5.56 Å². The molecule has 1 unspecified atom stereocenters. The van der Waals surface area contributed by atoms with E-state index in [0.29, 0.717) is 22.8 Å². The maximum atomic E-state index is 12.5. The Morgan fingerprint density at radius 1 is 1.28 bits per heavy atom. The Morgan fingerprint density at radius 3 is 2.44 bits per heavy atom. The molecule has 1 aromatic carbocycles. The molecule has 0 bridgehead atoms. The van der Waals surface area contributed by atoms with Crippen LogP contribution in [0.15, 0.2) is 33.3 Å². The molecule has 7 heteroatoms. The first-order chi connectivity index (χ1) is 11.8. The van der Waals surface area contributed by atoms with Gasteiger partial charge < -0.3 is 4.98 Å². The van der Waals surface area contributed by atoms with Gasteiger partial charge in [0.05, 0.1) is 5.69 Å². The van der Waals surface area contributed by atoms with Crippen LogP contribution in [0, 0.1) is 13.8 Å². The van der Waals surface area contributed by atoms with Gasteiger partial charge in [0.15, 0.2) is 5.16 Å². The van der Waals surface area contributed by atoms with Crippen LogP contribution >= 0.6 is 11.8 Å². The predicted octanol–water partition coefficient (Wildman–Crippen LogP) is 4.85. The first-order valence-electron chi connectivity index (χ1n) is 8.27. The minimum atomic E-state index is -0.618. The van der Waals surface area contributed by atoms with E-state index in [1.807, 2.05) is 46.8 Å². The molecule has 0 spiro atoms. The van der Waals surface area contributed by atoms with Gasteiger partial charge in [-0.1, -0.05) is 67.0 Å². The highest BCUT2D eigenvalue weighted by molar-refractivity contribution is 7.99. The second-order valence-electron chi connectivity index (χ2n) is 6.28. The molecule has 0 aliphatic rings. The molecule has 0 amide bonds. The fourth-order valence-corrected chi connectivity index (χ4v) is 3.59. The summed E-state index contributed by atoms with van der Waals surface area (Å²) in [5.41, 5.74) is 13.0. The van der Waals surface area contributed by atoms with Gasteiger partial charge in [-0.25, -0.2) is 4.98 Å². The van der Waals surface area contributed by atoms with E-state index < -0.39 is 6.04 Å². The largest absolute Gasteiger partial charge is 0.301 e. The topological polar surface area (TPSA) is 94.5 Å². The van der Waals surface area contributed by atoms with Gasteiger partial charge in [-0.05, 0) is 31.4 Å². The Bertz CT molecular complexity index is 848. The Hall–Kier alpha value is -2.24. The van der Waals surface area contributed by atoms with Gasteiger partial charge in [0.1, 0.15) is 6.04 Å². The van der Waals surface area contributed by atoms with Crippen LogP contribution in [0.5, 0.6) is 0 Å². The van der Waals surface area contributed by atoms with E-state index in [-0.39, 0.29) is 10.8 Å². The number of aromatic nitrogens is 2. The number of thioether (sulfide) groups is 1. The van der Waals surface area contributed by atoms with Crippen molar-refractivity contribution in [2.24, 2.45) is 5.11 Å². The minimum absolute atomic E-state index is 0.168. The number of nitrogens with one attached hydrogen (secondary N) is 1. The molecule has 1 heterocycles. The van der Waals surface area contributed by atoms with E-state index in [4.69, 9.17) is 5.53 Å². The molecular formula is C18H23N5OS. The third-order valence-corrected chi connectivity index (χ3v) is 4.60. The molecule has 0 aliphatic carbocycles. The zero-order chi connectivity index (χ0) is 18.6. The van der Waals surface area contributed by atoms with Crippen LogP contribution in [0.25, 0.3) is 10.4 Å². The van der Waals surface area contributed by atoms with Crippen molar-refractivity contribution < 1.29 is 0 Å². The van der Waals surface area contributed by atoms with Crippen LogP contribution in [-0.2, 0) is 6.42 Å². The van der Waals surface area contributed by atoms with Gasteiger partial charge in [-0.3, -0.25) is 4.79 Å². The molecule has 2 aromatic rings. The van der Waals surface area contributed by atoms with Crippen molar-refractivity contribution in [3.63, 3.8) is 0 Å². The third kappa shape index (κ3) is 4.65. The second kappa shape index (κ2) is 8.23. The monoisotopic (exact) mass is 357 g/mol. The van der Waals surface area contributed by atoms with Gasteiger partial charge in [0, 0.05) is 15.7 Å². The maximum absolute atomic E-state index is 12.5. The van der Waals surface area contributed by atoms with Crippen molar-refractivity contribution in [1.29, 1.82) is 0 Å². The van der Waals surface area contributed by atoms with Crippen molar-refractivity contribution >= 4 is 11.8 Å². The van der Waals surface area contributed by atoms with E-state index in [9.17, 15) is 4.79 Å². The number of hydrogen-bond donors (Lipinski definition) is 1. The lowest BCUT2D eigenvalue weighted by Gasteiger charge is -2.17. The highest BCUT2D eigenvalue weighted by atomic mass is 32.2. The zero-order valence-corrected chi connectivity index (χ0v) is 16.0. The molecule has 6 nitrogen and oxygen atoms in total. The number of H-pyrrole nitrogens is 1. The fraction of sp³-hybridized carbons (Fsp3) is 0.444. The number of rotatable bonds is 6. The first kappa shape index (κ1) is 19.1. The summed E-state index contributed by atoms with van der Waals surface area (Å²) in [6.45, 7) is 9.96. The average molecular weight is 357 g/mol. The van der Waals surface area contributed by atoms with Crippen LogP contribution in [-0.4, -0.2) is 15.2 Å². The standard InChI is InChI=1S/C18H23N5OS/c1-6-14-16(20-18(21-17(14)24)25-10(2)3)15(22-23-19)13-8-11(4)7-12(5)9-13/h7-10,15H,6H2,1-5H3,(H,20,21,24). The van der Waals surface area contributed by atoms with Crippen molar-refractivity contribution in [3.05, 3.63) is 66.9 Å². The number of aryl methyl sites for hydroxylation is 2. The highest BCUT2D eigenvalue weighted by Crippen LogP contribution is 2.30. The smallest absolute Gasteiger partial charge is 0.254 e. The van der Waals surface area contributed by atoms with Gasteiger partial charge in [0.2, 0.25) is 0 Å². The molecular weight excluding hydrogens is 334 g/mol. The van der Waals surface area contributed by atoms with Crippen LogP contribution in [0.1, 0.15) is 54.8 Å². The minimum Gasteiger partial charge on any atom is -0.301 e. The molecule has 0 saturated heterocycles. The van der Waals surface area contributed by atoms with Gasteiger partial charge in [-0.2, -0.15) is 0 Å². The number of aromatic amines is 1. The molecule has 2 rings (SSSR count). The summed E-state index contributed by atoms with van der Waals surface area (Å²) in [7, 11) is 0. The molecule has 0 aliphatic heterocycles.